The van der Waals surface area contributed by atoms with E-state index in [9.17, 15) is 9.90 Å². The predicted octanol–water partition coefficient (Wildman–Crippen LogP) is 5.11. The van der Waals surface area contributed by atoms with Crippen molar-refractivity contribution in [3.8, 4) is 34.3 Å². The van der Waals surface area contributed by atoms with E-state index in [0.717, 1.165) is 14.8 Å². The number of phenolic OH excluding ortho intramolecular Hbond substituents is 1. The van der Waals surface area contributed by atoms with E-state index in [0.29, 0.717) is 31.6 Å². The van der Waals surface area contributed by atoms with Crippen LogP contribution in [0.2, 0.25) is 0 Å². The first-order valence-electron chi connectivity index (χ1n) is 10.8. The molecule has 0 saturated carbocycles. The van der Waals surface area contributed by atoms with Gasteiger partial charge in [-0.05, 0) is 87.6 Å². The van der Waals surface area contributed by atoms with Crippen LogP contribution in [0.15, 0.2) is 70.9 Å². The number of phenols is 1. The average molecular weight is 741 g/mol. The standard InChI is InChI=1S/C25H21I2N5O4S/c1-35-20-9-8-15(11-21(20)36-2)24-30-31-25(32(24)18-6-4-3-5-7-18)37-14-22(33)29-28-13-16-10-17(26)12-19(27)23(16)34/h3-13,34H,14H2,1-2H3,(H,29,33)/b28-13-. The number of hydrazone groups is 1. The fourth-order valence-corrected chi connectivity index (χ4v) is 5.99. The summed E-state index contributed by atoms with van der Waals surface area (Å²) in [5.41, 5.74) is 4.65. The Hall–Kier alpha value is -2.85. The number of nitrogens with one attached hydrogen (secondary N) is 1. The number of aromatic hydroxyl groups is 1. The second kappa shape index (κ2) is 12.6. The second-order valence-electron chi connectivity index (χ2n) is 7.45. The van der Waals surface area contributed by atoms with Crippen molar-refractivity contribution >= 4 is 69.1 Å². The molecule has 12 heteroatoms. The zero-order valence-electron chi connectivity index (χ0n) is 19.7. The van der Waals surface area contributed by atoms with Crippen molar-refractivity contribution in [2.45, 2.75) is 5.16 Å². The van der Waals surface area contributed by atoms with Crippen LogP contribution in [-0.2, 0) is 4.79 Å². The van der Waals surface area contributed by atoms with Crippen molar-refractivity contribution in [1.29, 1.82) is 0 Å². The van der Waals surface area contributed by atoms with E-state index in [4.69, 9.17) is 9.47 Å². The highest BCUT2D eigenvalue weighted by molar-refractivity contribution is 14.1. The Morgan fingerprint density at radius 1 is 1.08 bits per heavy atom. The molecule has 0 fully saturated rings. The number of carbonyl (C=O) groups excluding carboxylic acids is 1. The molecule has 0 saturated heterocycles. The topological polar surface area (TPSA) is 111 Å². The minimum atomic E-state index is -0.323. The molecule has 0 bridgehead atoms. The van der Waals surface area contributed by atoms with Crippen LogP contribution in [0.3, 0.4) is 0 Å². The lowest BCUT2D eigenvalue weighted by Gasteiger charge is -2.12. The summed E-state index contributed by atoms with van der Waals surface area (Å²) < 4.78 is 14.3. The molecule has 0 unspecified atom stereocenters. The monoisotopic (exact) mass is 741 g/mol. The van der Waals surface area contributed by atoms with Crippen LogP contribution in [0.5, 0.6) is 17.2 Å². The highest BCUT2D eigenvalue weighted by Gasteiger charge is 2.19. The highest BCUT2D eigenvalue weighted by Crippen LogP contribution is 2.34. The molecule has 190 valence electrons. The summed E-state index contributed by atoms with van der Waals surface area (Å²) in [5, 5.41) is 23.5. The fourth-order valence-electron chi connectivity index (χ4n) is 3.36. The lowest BCUT2D eigenvalue weighted by molar-refractivity contribution is -0.118. The number of hydrogen-bond acceptors (Lipinski definition) is 8. The molecular formula is C25H21I2N5O4S. The van der Waals surface area contributed by atoms with Gasteiger partial charge < -0.3 is 14.6 Å². The Morgan fingerprint density at radius 3 is 2.57 bits per heavy atom. The minimum absolute atomic E-state index is 0.0596. The number of rotatable bonds is 9. The summed E-state index contributed by atoms with van der Waals surface area (Å²) in [4.78, 5) is 12.5. The molecular weight excluding hydrogens is 720 g/mol. The zero-order valence-corrected chi connectivity index (χ0v) is 24.8. The van der Waals surface area contributed by atoms with Gasteiger partial charge in [-0.25, -0.2) is 5.43 Å². The van der Waals surface area contributed by atoms with Crippen LogP contribution in [-0.4, -0.2) is 52.0 Å². The first-order valence-corrected chi connectivity index (χ1v) is 13.9. The minimum Gasteiger partial charge on any atom is -0.506 e. The van der Waals surface area contributed by atoms with Gasteiger partial charge in [0, 0.05) is 20.4 Å². The summed E-state index contributed by atoms with van der Waals surface area (Å²) in [5.74, 6) is 1.63. The SMILES string of the molecule is COc1ccc(-c2nnc(SCC(=O)N/N=C\c3cc(I)cc(I)c3O)n2-c2ccccc2)cc1OC. The van der Waals surface area contributed by atoms with Crippen LogP contribution in [0.4, 0.5) is 0 Å². The van der Waals surface area contributed by atoms with Gasteiger partial charge in [0.05, 0.1) is 29.8 Å². The van der Waals surface area contributed by atoms with Gasteiger partial charge in [0.2, 0.25) is 0 Å². The lowest BCUT2D eigenvalue weighted by atomic mass is 10.2. The van der Waals surface area contributed by atoms with E-state index in [1.54, 1.807) is 20.3 Å². The molecule has 0 spiro atoms. The maximum Gasteiger partial charge on any atom is 0.250 e. The summed E-state index contributed by atoms with van der Waals surface area (Å²) in [6.45, 7) is 0. The van der Waals surface area contributed by atoms with Crippen LogP contribution in [0.1, 0.15) is 5.56 Å². The van der Waals surface area contributed by atoms with E-state index in [1.165, 1.54) is 18.0 Å². The van der Waals surface area contributed by atoms with E-state index in [-0.39, 0.29) is 17.4 Å². The van der Waals surface area contributed by atoms with Crippen LogP contribution >= 0.6 is 56.9 Å². The van der Waals surface area contributed by atoms with Gasteiger partial charge >= 0.3 is 0 Å². The Kier molecular flexibility index (Phi) is 9.26. The maximum atomic E-state index is 12.5. The molecule has 0 radical (unpaired) electrons. The normalized spacial score (nSPS) is 11.0. The molecule has 1 heterocycles. The van der Waals surface area contributed by atoms with Crippen molar-refractivity contribution < 1.29 is 19.4 Å². The van der Waals surface area contributed by atoms with Crippen molar-refractivity contribution in [1.82, 2.24) is 20.2 Å². The quantitative estimate of drug-likeness (QED) is 0.106. The third-order valence-electron chi connectivity index (χ3n) is 5.07. The predicted molar refractivity (Wildman–Crippen MR) is 160 cm³/mol. The largest absolute Gasteiger partial charge is 0.506 e. The average Bonchev–Trinajstić information content (AvgIpc) is 3.34. The number of carbonyl (C=O) groups is 1. The smallest absolute Gasteiger partial charge is 0.250 e. The second-order valence-corrected chi connectivity index (χ2v) is 10.8. The number of hydrogen-bond donors (Lipinski definition) is 2. The van der Waals surface area contributed by atoms with Gasteiger partial charge in [0.1, 0.15) is 5.75 Å². The summed E-state index contributed by atoms with van der Waals surface area (Å²) in [6, 6.07) is 18.8. The number of amides is 1. The number of para-hydroxylation sites is 1. The number of benzene rings is 3. The third-order valence-corrected chi connectivity index (χ3v) is 7.45. The van der Waals surface area contributed by atoms with Crippen LogP contribution in [0.25, 0.3) is 17.1 Å². The molecule has 4 rings (SSSR count). The molecule has 0 aliphatic carbocycles. The van der Waals surface area contributed by atoms with E-state index in [1.807, 2.05) is 81.8 Å². The molecule has 9 nitrogen and oxygen atoms in total. The van der Waals surface area contributed by atoms with Crippen molar-refractivity contribution in [2.75, 3.05) is 20.0 Å². The van der Waals surface area contributed by atoms with Gasteiger partial charge in [-0.15, -0.1) is 10.2 Å². The van der Waals surface area contributed by atoms with Crippen molar-refractivity contribution in [2.24, 2.45) is 5.10 Å². The Balaban J connectivity index is 1.54. The van der Waals surface area contributed by atoms with Gasteiger partial charge in [0.25, 0.3) is 5.91 Å². The Bertz CT molecular complexity index is 1450. The van der Waals surface area contributed by atoms with Crippen LogP contribution < -0.4 is 14.9 Å². The number of nitrogens with zero attached hydrogens (tertiary/aromatic N) is 4. The number of methoxy groups -OCH3 is 2. The Morgan fingerprint density at radius 2 is 1.84 bits per heavy atom. The summed E-state index contributed by atoms with van der Waals surface area (Å²) in [6.07, 6.45) is 1.42. The lowest BCUT2D eigenvalue weighted by Crippen LogP contribution is -2.20. The highest BCUT2D eigenvalue weighted by atomic mass is 127. The number of halogens is 2. The molecule has 3 aromatic carbocycles. The summed E-state index contributed by atoms with van der Waals surface area (Å²) >= 11 is 5.44. The molecule has 37 heavy (non-hydrogen) atoms. The molecule has 1 aromatic heterocycles. The van der Waals surface area contributed by atoms with Gasteiger partial charge in [0.15, 0.2) is 22.5 Å². The first-order chi connectivity index (χ1) is 17.9. The first kappa shape index (κ1) is 27.2. The molecule has 0 aliphatic rings. The summed E-state index contributed by atoms with van der Waals surface area (Å²) in [7, 11) is 3.16. The van der Waals surface area contributed by atoms with E-state index < -0.39 is 0 Å². The van der Waals surface area contributed by atoms with Crippen molar-refractivity contribution in [3.05, 3.63) is 73.4 Å². The molecule has 0 atom stereocenters. The van der Waals surface area contributed by atoms with Gasteiger partial charge in [-0.3, -0.25) is 9.36 Å². The maximum absolute atomic E-state index is 12.5. The number of thioether (sulfide) groups is 1. The third kappa shape index (κ3) is 6.54. The Labute approximate surface area is 244 Å². The number of aromatic nitrogens is 3. The van der Waals surface area contributed by atoms with Crippen LogP contribution in [0, 0.1) is 7.14 Å². The number of ether oxygens (including phenoxy) is 2. The molecule has 4 aromatic rings. The molecule has 2 N–H and O–H groups in total. The van der Waals surface area contributed by atoms with Gasteiger partial charge in [-0.1, -0.05) is 30.0 Å². The van der Waals surface area contributed by atoms with E-state index in [2.05, 4.69) is 43.3 Å². The molecule has 0 aliphatic heterocycles. The van der Waals surface area contributed by atoms with Crippen molar-refractivity contribution in [3.63, 3.8) is 0 Å². The van der Waals surface area contributed by atoms with Gasteiger partial charge in [-0.2, -0.15) is 5.10 Å². The zero-order chi connectivity index (χ0) is 26.4. The van der Waals surface area contributed by atoms with E-state index >= 15 is 0 Å². The molecule has 1 amide bonds. The fraction of sp³-hybridized carbons (Fsp3) is 0.120.